The monoisotopic (exact) mass is 296 g/mol. The molecule has 0 unspecified atom stereocenters. The Hall–Kier alpha value is -0.263. The average Bonchev–Trinajstić information content (AvgIpc) is 2.38. The van der Waals surface area contributed by atoms with E-state index in [9.17, 15) is 5.11 Å². The molecule has 20 heavy (non-hydrogen) atoms. The maximum absolute atomic E-state index is 9.78. The fourth-order valence-electron chi connectivity index (χ4n) is 2.20. The quantitative estimate of drug-likeness (QED) is 0.301. The molecule has 0 aliphatic carbocycles. The van der Waals surface area contributed by atoms with Gasteiger partial charge in [0.1, 0.15) is 14.2 Å². The first-order valence-electron chi connectivity index (χ1n) is 8.66. The Bertz CT molecular complexity index is 269. The summed E-state index contributed by atoms with van der Waals surface area (Å²) in [6.07, 6.45) is 13.9. The summed E-state index contributed by atoms with van der Waals surface area (Å²) in [4.78, 5) is 0. The van der Waals surface area contributed by atoms with E-state index >= 15 is 0 Å². The minimum absolute atomic E-state index is 0.393. The highest BCUT2D eigenvalue weighted by Gasteiger charge is 2.08. The second kappa shape index (κ2) is 12.5. The summed E-state index contributed by atoms with van der Waals surface area (Å²) in [7, 11) is -1.32. The highest BCUT2D eigenvalue weighted by molar-refractivity contribution is 6.83. The van der Waals surface area contributed by atoms with Crippen molar-refractivity contribution in [1.29, 1.82) is 0 Å². The van der Waals surface area contributed by atoms with Gasteiger partial charge in [0.25, 0.3) is 0 Å². The summed E-state index contributed by atoms with van der Waals surface area (Å²) in [5.41, 5.74) is 3.25. The summed E-state index contributed by atoms with van der Waals surface area (Å²) in [5, 5.41) is 9.78. The number of hydrogen-bond donors (Lipinski definition) is 1. The van der Waals surface area contributed by atoms with Gasteiger partial charge in [-0.2, -0.15) is 0 Å². The van der Waals surface area contributed by atoms with Crippen molar-refractivity contribution in [3.05, 3.63) is 0 Å². The van der Waals surface area contributed by atoms with Crippen molar-refractivity contribution in [2.45, 2.75) is 103 Å². The molecule has 0 aromatic rings. The van der Waals surface area contributed by atoms with E-state index in [0.29, 0.717) is 0 Å². The van der Waals surface area contributed by atoms with Gasteiger partial charge < -0.3 is 5.11 Å². The Morgan fingerprint density at radius 3 is 1.70 bits per heavy atom. The minimum atomic E-state index is -1.32. The minimum Gasteiger partial charge on any atom is -0.380 e. The average molecular weight is 297 g/mol. The molecular formula is C18H36OSi. The SMILES string of the molecule is CCCCCCCCCCCC[C@H](O)C#C[Si](C)(C)C. The van der Waals surface area contributed by atoms with E-state index in [1.54, 1.807) is 0 Å². The van der Waals surface area contributed by atoms with Gasteiger partial charge in [-0.15, -0.1) is 5.54 Å². The summed E-state index contributed by atoms with van der Waals surface area (Å²) >= 11 is 0. The third-order valence-corrected chi connectivity index (χ3v) is 4.34. The standard InChI is InChI=1S/C18H36OSi/c1-5-6-7-8-9-10-11-12-13-14-15-18(19)16-17-20(2,3)4/h18-19H,5-15H2,1-4H3/t18-/m0/s1. The van der Waals surface area contributed by atoms with Crippen LogP contribution in [0.25, 0.3) is 0 Å². The van der Waals surface area contributed by atoms with Crippen molar-refractivity contribution in [2.24, 2.45) is 0 Å². The topological polar surface area (TPSA) is 20.2 Å². The predicted octanol–water partition coefficient (Wildman–Crippen LogP) is 5.54. The van der Waals surface area contributed by atoms with Crippen LogP contribution in [0.3, 0.4) is 0 Å². The molecule has 1 nitrogen and oxygen atoms in total. The van der Waals surface area contributed by atoms with Crippen LogP contribution in [0.5, 0.6) is 0 Å². The molecule has 0 amide bonds. The van der Waals surface area contributed by atoms with Crippen molar-refractivity contribution in [2.75, 3.05) is 0 Å². The largest absolute Gasteiger partial charge is 0.380 e. The Balaban J connectivity index is 3.33. The molecule has 0 rings (SSSR count). The highest BCUT2D eigenvalue weighted by atomic mass is 28.3. The van der Waals surface area contributed by atoms with Gasteiger partial charge in [0.15, 0.2) is 0 Å². The van der Waals surface area contributed by atoms with Gasteiger partial charge in [0, 0.05) is 0 Å². The van der Waals surface area contributed by atoms with E-state index in [2.05, 4.69) is 38.0 Å². The molecule has 0 saturated heterocycles. The van der Waals surface area contributed by atoms with Crippen LogP contribution >= 0.6 is 0 Å². The number of unbranched alkanes of at least 4 members (excludes halogenated alkanes) is 9. The lowest BCUT2D eigenvalue weighted by Crippen LogP contribution is -2.17. The molecule has 0 aromatic carbocycles. The molecule has 0 aromatic heterocycles. The van der Waals surface area contributed by atoms with Gasteiger partial charge >= 0.3 is 0 Å². The molecule has 1 N–H and O–H groups in total. The lowest BCUT2D eigenvalue weighted by atomic mass is 10.0. The van der Waals surface area contributed by atoms with Crippen LogP contribution in [0.15, 0.2) is 0 Å². The molecule has 118 valence electrons. The molecule has 0 spiro atoms. The van der Waals surface area contributed by atoms with Crippen molar-refractivity contribution in [3.8, 4) is 11.5 Å². The van der Waals surface area contributed by atoms with Crippen LogP contribution in [-0.4, -0.2) is 19.3 Å². The molecule has 0 aliphatic heterocycles. The van der Waals surface area contributed by atoms with Crippen molar-refractivity contribution >= 4 is 8.07 Å². The van der Waals surface area contributed by atoms with E-state index in [0.717, 1.165) is 12.8 Å². The van der Waals surface area contributed by atoms with E-state index in [1.807, 2.05) is 0 Å². The molecule has 0 saturated carbocycles. The fraction of sp³-hybridized carbons (Fsp3) is 0.889. The van der Waals surface area contributed by atoms with E-state index in [-0.39, 0.29) is 0 Å². The van der Waals surface area contributed by atoms with Crippen molar-refractivity contribution in [3.63, 3.8) is 0 Å². The number of aliphatic hydroxyl groups excluding tert-OH is 1. The molecule has 2 heteroatoms. The zero-order chi connectivity index (χ0) is 15.3. The highest BCUT2D eigenvalue weighted by Crippen LogP contribution is 2.12. The van der Waals surface area contributed by atoms with Gasteiger partial charge in [0.2, 0.25) is 0 Å². The Labute approximate surface area is 128 Å². The summed E-state index contributed by atoms with van der Waals surface area (Å²) in [6, 6.07) is 0. The first kappa shape index (κ1) is 19.7. The number of rotatable bonds is 11. The van der Waals surface area contributed by atoms with Crippen LogP contribution in [0.1, 0.15) is 77.6 Å². The van der Waals surface area contributed by atoms with E-state index in [1.165, 1.54) is 57.8 Å². The predicted molar refractivity (Wildman–Crippen MR) is 93.6 cm³/mol. The zero-order valence-corrected chi connectivity index (χ0v) is 15.3. The fourth-order valence-corrected chi connectivity index (χ4v) is 2.80. The molecule has 1 atom stereocenters. The number of hydrogen-bond acceptors (Lipinski definition) is 1. The van der Waals surface area contributed by atoms with Crippen LogP contribution in [0.4, 0.5) is 0 Å². The lowest BCUT2D eigenvalue weighted by Gasteiger charge is -2.07. The molecule has 0 aliphatic rings. The zero-order valence-electron chi connectivity index (χ0n) is 14.3. The summed E-state index contributed by atoms with van der Waals surface area (Å²) < 4.78 is 0. The summed E-state index contributed by atoms with van der Waals surface area (Å²) in [6.45, 7) is 8.91. The second-order valence-electron chi connectivity index (χ2n) is 7.01. The third-order valence-electron chi connectivity index (χ3n) is 3.44. The smallest absolute Gasteiger partial charge is 0.129 e. The second-order valence-corrected chi connectivity index (χ2v) is 11.8. The molecular weight excluding hydrogens is 260 g/mol. The van der Waals surface area contributed by atoms with E-state index in [4.69, 9.17) is 0 Å². The Morgan fingerprint density at radius 2 is 1.25 bits per heavy atom. The summed E-state index contributed by atoms with van der Waals surface area (Å²) in [5.74, 6) is 3.02. The lowest BCUT2D eigenvalue weighted by molar-refractivity contribution is 0.217. The molecule has 0 heterocycles. The van der Waals surface area contributed by atoms with Gasteiger partial charge in [-0.3, -0.25) is 0 Å². The van der Waals surface area contributed by atoms with E-state index < -0.39 is 14.2 Å². The maximum atomic E-state index is 9.78. The first-order chi connectivity index (χ1) is 9.45. The van der Waals surface area contributed by atoms with Crippen LogP contribution in [0, 0.1) is 11.5 Å². The molecule has 0 fully saturated rings. The molecule has 0 radical (unpaired) electrons. The maximum Gasteiger partial charge on any atom is 0.129 e. The van der Waals surface area contributed by atoms with Gasteiger partial charge in [0.05, 0.1) is 0 Å². The number of aliphatic hydroxyl groups is 1. The van der Waals surface area contributed by atoms with Crippen molar-refractivity contribution in [1.82, 2.24) is 0 Å². The normalized spacial score (nSPS) is 12.8. The Kier molecular flexibility index (Phi) is 12.3. The van der Waals surface area contributed by atoms with Gasteiger partial charge in [-0.05, 0) is 12.8 Å². The first-order valence-corrected chi connectivity index (χ1v) is 12.2. The van der Waals surface area contributed by atoms with Gasteiger partial charge in [-0.25, -0.2) is 0 Å². The van der Waals surface area contributed by atoms with Crippen molar-refractivity contribution < 1.29 is 5.11 Å². The molecule has 0 bridgehead atoms. The Morgan fingerprint density at radius 1 is 0.800 bits per heavy atom. The van der Waals surface area contributed by atoms with Crippen LogP contribution in [-0.2, 0) is 0 Å². The third kappa shape index (κ3) is 15.8. The van der Waals surface area contributed by atoms with Crippen LogP contribution < -0.4 is 0 Å². The van der Waals surface area contributed by atoms with Gasteiger partial charge in [-0.1, -0.05) is 90.3 Å². The van der Waals surface area contributed by atoms with Crippen LogP contribution in [0.2, 0.25) is 19.6 Å².